The fourth-order valence-electron chi connectivity index (χ4n) is 1.92. The molecule has 0 radical (unpaired) electrons. The summed E-state index contributed by atoms with van der Waals surface area (Å²) in [6.07, 6.45) is -0.132. The summed E-state index contributed by atoms with van der Waals surface area (Å²) in [4.78, 5) is 23.4. The number of carbonyl (C=O) groups excluding carboxylic acids is 2. The van der Waals surface area contributed by atoms with E-state index in [0.29, 0.717) is 16.1 Å². The molecule has 0 aliphatic rings. The minimum absolute atomic E-state index is 0.0553. The van der Waals surface area contributed by atoms with Gasteiger partial charge < -0.3 is 10.1 Å². The van der Waals surface area contributed by atoms with Crippen molar-refractivity contribution in [3.05, 3.63) is 69.4 Å². The van der Waals surface area contributed by atoms with Gasteiger partial charge in [0.25, 0.3) is 5.91 Å². The maximum atomic E-state index is 13.4. The second-order valence-electron chi connectivity index (χ2n) is 5.03. The van der Waals surface area contributed by atoms with Crippen LogP contribution in [0.1, 0.15) is 22.3 Å². The largest absolute Gasteiger partial charge is 0.461 e. The normalized spacial score (nSPS) is 10.4. The molecule has 0 unspecified atom stereocenters. The number of carbonyl (C=O) groups is 2. The van der Waals surface area contributed by atoms with Gasteiger partial charge in [-0.2, -0.15) is 0 Å². The van der Waals surface area contributed by atoms with Crippen LogP contribution in [0.4, 0.5) is 13.2 Å². The summed E-state index contributed by atoms with van der Waals surface area (Å²) in [5, 5.41) is 2.35. The van der Waals surface area contributed by atoms with Gasteiger partial charge >= 0.3 is 5.97 Å². The third-order valence-electron chi connectivity index (χ3n) is 3.19. The SMILES string of the molecule is O=C(CCNC(=O)c1ccc(F)cc1F)OCc1ccc(F)cc1Br. The molecule has 0 atom stereocenters. The number of amides is 1. The standard InChI is InChI=1S/C17H13BrF3NO3/c18-14-7-11(19)2-1-10(14)9-25-16(23)5-6-22-17(24)13-4-3-12(20)8-15(13)21/h1-4,7-8H,5-6,9H2,(H,22,24). The first-order valence-corrected chi connectivity index (χ1v) is 7.99. The molecule has 0 bridgehead atoms. The summed E-state index contributed by atoms with van der Waals surface area (Å²) < 4.78 is 44.7. The van der Waals surface area contributed by atoms with E-state index in [-0.39, 0.29) is 25.1 Å². The fraction of sp³-hybridized carbons (Fsp3) is 0.176. The summed E-state index contributed by atoms with van der Waals surface area (Å²) >= 11 is 3.16. The number of esters is 1. The van der Waals surface area contributed by atoms with Crippen LogP contribution in [0.3, 0.4) is 0 Å². The van der Waals surface area contributed by atoms with Gasteiger partial charge in [-0.05, 0) is 24.3 Å². The molecule has 2 rings (SSSR count). The van der Waals surface area contributed by atoms with E-state index in [1.807, 2.05) is 0 Å². The van der Waals surface area contributed by atoms with Gasteiger partial charge in [-0.15, -0.1) is 0 Å². The van der Waals surface area contributed by atoms with Gasteiger partial charge in [0, 0.05) is 22.6 Å². The molecule has 0 aliphatic heterocycles. The number of nitrogens with one attached hydrogen (secondary N) is 1. The average molecular weight is 416 g/mol. The van der Waals surface area contributed by atoms with E-state index in [2.05, 4.69) is 21.2 Å². The minimum Gasteiger partial charge on any atom is -0.461 e. The van der Waals surface area contributed by atoms with E-state index in [9.17, 15) is 22.8 Å². The zero-order valence-corrected chi connectivity index (χ0v) is 14.4. The van der Waals surface area contributed by atoms with E-state index < -0.39 is 29.3 Å². The van der Waals surface area contributed by atoms with Gasteiger partial charge in [-0.1, -0.05) is 22.0 Å². The lowest BCUT2D eigenvalue weighted by Gasteiger charge is -2.08. The maximum absolute atomic E-state index is 13.4. The second kappa shape index (κ2) is 8.66. The Kier molecular flexibility index (Phi) is 6.58. The zero-order chi connectivity index (χ0) is 18.4. The molecule has 2 aromatic carbocycles. The fourth-order valence-corrected chi connectivity index (χ4v) is 2.38. The van der Waals surface area contributed by atoms with Crippen LogP contribution in [0.15, 0.2) is 40.9 Å². The Morgan fingerprint density at radius 1 is 1.04 bits per heavy atom. The topological polar surface area (TPSA) is 55.4 Å². The molecule has 0 saturated heterocycles. The van der Waals surface area contributed by atoms with Crippen LogP contribution < -0.4 is 5.32 Å². The van der Waals surface area contributed by atoms with E-state index in [4.69, 9.17) is 4.74 Å². The van der Waals surface area contributed by atoms with Gasteiger partial charge in [0.05, 0.1) is 12.0 Å². The van der Waals surface area contributed by atoms with Crippen LogP contribution >= 0.6 is 15.9 Å². The number of halogens is 4. The van der Waals surface area contributed by atoms with Crippen LogP contribution in [0.5, 0.6) is 0 Å². The van der Waals surface area contributed by atoms with E-state index >= 15 is 0 Å². The molecule has 2 aromatic rings. The number of hydrogen-bond donors (Lipinski definition) is 1. The maximum Gasteiger partial charge on any atom is 0.307 e. The highest BCUT2D eigenvalue weighted by molar-refractivity contribution is 9.10. The predicted molar refractivity (Wildman–Crippen MR) is 87.2 cm³/mol. The van der Waals surface area contributed by atoms with Crippen molar-refractivity contribution in [3.8, 4) is 0 Å². The predicted octanol–water partition coefficient (Wildman–Crippen LogP) is 3.73. The van der Waals surface area contributed by atoms with Crippen LogP contribution in [0, 0.1) is 17.5 Å². The summed E-state index contributed by atoms with van der Waals surface area (Å²) in [6.45, 7) is -0.126. The summed E-state index contributed by atoms with van der Waals surface area (Å²) in [6, 6.07) is 6.55. The quantitative estimate of drug-likeness (QED) is 0.731. The van der Waals surface area contributed by atoms with Crippen molar-refractivity contribution in [1.82, 2.24) is 5.32 Å². The lowest BCUT2D eigenvalue weighted by molar-refractivity contribution is -0.144. The number of benzene rings is 2. The van der Waals surface area contributed by atoms with E-state index in [0.717, 1.165) is 12.1 Å². The lowest BCUT2D eigenvalue weighted by atomic mass is 10.2. The summed E-state index contributed by atoms with van der Waals surface area (Å²) in [5.41, 5.74) is 0.275. The third kappa shape index (κ3) is 5.60. The van der Waals surface area contributed by atoms with Crippen LogP contribution in [0.2, 0.25) is 0 Å². The van der Waals surface area contributed by atoms with E-state index in [1.54, 1.807) is 0 Å². The van der Waals surface area contributed by atoms with Gasteiger partial charge in [-0.25, -0.2) is 13.2 Å². The Morgan fingerprint density at radius 3 is 2.40 bits per heavy atom. The molecule has 132 valence electrons. The Bertz CT molecular complexity index is 799. The van der Waals surface area contributed by atoms with Crippen LogP contribution in [-0.2, 0) is 16.1 Å². The van der Waals surface area contributed by atoms with Crippen molar-refractivity contribution in [2.75, 3.05) is 6.54 Å². The summed E-state index contributed by atoms with van der Waals surface area (Å²) in [5.74, 6) is -3.54. The molecule has 1 amide bonds. The molecule has 25 heavy (non-hydrogen) atoms. The minimum atomic E-state index is -0.985. The Hall–Kier alpha value is -2.35. The van der Waals surface area contributed by atoms with Gasteiger partial charge in [0.1, 0.15) is 24.1 Å². The van der Waals surface area contributed by atoms with Crippen molar-refractivity contribution < 1.29 is 27.5 Å². The number of rotatable bonds is 6. The molecule has 0 aliphatic carbocycles. The average Bonchev–Trinajstić information content (AvgIpc) is 2.53. The Morgan fingerprint density at radius 2 is 1.72 bits per heavy atom. The Balaban J connectivity index is 1.77. The molecule has 0 fully saturated rings. The molecule has 8 heteroatoms. The first-order chi connectivity index (χ1) is 11.9. The van der Waals surface area contributed by atoms with Crippen LogP contribution in [0.25, 0.3) is 0 Å². The van der Waals surface area contributed by atoms with Crippen molar-refractivity contribution in [3.63, 3.8) is 0 Å². The van der Waals surface area contributed by atoms with E-state index in [1.165, 1.54) is 18.2 Å². The lowest BCUT2D eigenvalue weighted by Crippen LogP contribution is -2.27. The highest BCUT2D eigenvalue weighted by Crippen LogP contribution is 2.19. The number of ether oxygens (including phenoxy) is 1. The molecule has 0 aromatic heterocycles. The van der Waals surface area contributed by atoms with Crippen LogP contribution in [-0.4, -0.2) is 18.4 Å². The number of hydrogen-bond acceptors (Lipinski definition) is 3. The highest BCUT2D eigenvalue weighted by Gasteiger charge is 2.13. The highest BCUT2D eigenvalue weighted by atomic mass is 79.9. The molecular formula is C17H13BrF3NO3. The zero-order valence-electron chi connectivity index (χ0n) is 12.8. The molecular weight excluding hydrogens is 403 g/mol. The van der Waals surface area contributed by atoms with Gasteiger partial charge in [0.2, 0.25) is 0 Å². The first kappa shape index (κ1) is 19.0. The molecule has 0 heterocycles. The molecule has 4 nitrogen and oxygen atoms in total. The molecule has 0 saturated carbocycles. The smallest absolute Gasteiger partial charge is 0.307 e. The van der Waals surface area contributed by atoms with Crippen molar-refractivity contribution in [2.24, 2.45) is 0 Å². The van der Waals surface area contributed by atoms with Gasteiger partial charge in [0.15, 0.2) is 0 Å². The molecule has 0 spiro atoms. The van der Waals surface area contributed by atoms with Crippen molar-refractivity contribution in [1.29, 1.82) is 0 Å². The van der Waals surface area contributed by atoms with Crippen molar-refractivity contribution >= 4 is 27.8 Å². The summed E-state index contributed by atoms with van der Waals surface area (Å²) in [7, 11) is 0. The Labute approximate surface area is 150 Å². The van der Waals surface area contributed by atoms with Crippen molar-refractivity contribution in [2.45, 2.75) is 13.0 Å². The third-order valence-corrected chi connectivity index (χ3v) is 3.93. The first-order valence-electron chi connectivity index (χ1n) is 7.19. The van der Waals surface area contributed by atoms with Gasteiger partial charge in [-0.3, -0.25) is 9.59 Å². The molecule has 1 N–H and O–H groups in total. The second-order valence-corrected chi connectivity index (χ2v) is 5.88. The monoisotopic (exact) mass is 415 g/mol.